The van der Waals surface area contributed by atoms with Crippen LogP contribution in [0.3, 0.4) is 0 Å². The van der Waals surface area contributed by atoms with E-state index in [1.165, 1.54) is 24.1 Å². The third-order valence-corrected chi connectivity index (χ3v) is 7.85. The van der Waals surface area contributed by atoms with Crippen LogP contribution < -0.4 is 9.64 Å². The van der Waals surface area contributed by atoms with Gasteiger partial charge < -0.3 is 24.5 Å². The maximum Gasteiger partial charge on any atom is 0.430 e. The Morgan fingerprint density at radius 2 is 1.88 bits per heavy atom. The van der Waals surface area contributed by atoms with Crippen molar-refractivity contribution in [3.8, 4) is 5.75 Å². The van der Waals surface area contributed by atoms with Gasteiger partial charge in [-0.3, -0.25) is 9.59 Å². The molecule has 2 heterocycles. The third kappa shape index (κ3) is 7.06. The van der Waals surface area contributed by atoms with Crippen LogP contribution in [0.1, 0.15) is 54.4 Å². The molecule has 1 saturated carbocycles. The summed E-state index contributed by atoms with van der Waals surface area (Å²) in [6.45, 7) is 1.49. The summed E-state index contributed by atoms with van der Waals surface area (Å²) < 4.78 is 48.1. The molecule has 1 unspecified atom stereocenters. The van der Waals surface area contributed by atoms with Crippen molar-refractivity contribution in [1.29, 1.82) is 0 Å². The minimum atomic E-state index is -5.22. The zero-order valence-electron chi connectivity index (χ0n) is 23.5. The number of nitrogens with zero attached hydrogens (tertiary/aromatic N) is 4. The number of piperidine rings is 1. The number of alkyl halides is 3. The molecular formula is C29H36ClF3N4O4. The molecule has 8 nitrogen and oxygen atoms in total. The van der Waals surface area contributed by atoms with Crippen molar-refractivity contribution in [2.75, 3.05) is 45.7 Å². The zero-order chi connectivity index (χ0) is 29.9. The number of halogens is 4. The molecule has 0 radical (unpaired) electrons. The van der Waals surface area contributed by atoms with Gasteiger partial charge in [-0.1, -0.05) is 23.7 Å². The maximum absolute atomic E-state index is 14.2. The van der Waals surface area contributed by atoms with Crippen molar-refractivity contribution in [3.63, 3.8) is 0 Å². The monoisotopic (exact) mass is 596 g/mol. The summed E-state index contributed by atoms with van der Waals surface area (Å²) >= 11 is 6.29. The molecule has 1 N–H and O–H groups in total. The molecule has 0 spiro atoms. The van der Waals surface area contributed by atoms with Gasteiger partial charge in [-0.25, -0.2) is 4.98 Å². The predicted molar refractivity (Wildman–Crippen MR) is 149 cm³/mol. The van der Waals surface area contributed by atoms with Gasteiger partial charge in [0, 0.05) is 46.3 Å². The van der Waals surface area contributed by atoms with Gasteiger partial charge in [-0.15, -0.1) is 0 Å². The topological polar surface area (TPSA) is 86.2 Å². The normalized spacial score (nSPS) is 18.9. The molecular weight excluding hydrogens is 561 g/mol. The number of likely N-dealkylation sites (N-methyl/N-ethyl adjacent to an activating group) is 1. The first-order valence-corrected chi connectivity index (χ1v) is 14.1. The molecule has 2 atom stereocenters. The van der Waals surface area contributed by atoms with E-state index in [9.17, 15) is 27.9 Å². The van der Waals surface area contributed by atoms with Crippen LogP contribution in [0.25, 0.3) is 0 Å². The van der Waals surface area contributed by atoms with Crippen LogP contribution >= 0.6 is 11.6 Å². The lowest BCUT2D eigenvalue weighted by Crippen LogP contribution is -2.55. The molecule has 2 aliphatic rings. The van der Waals surface area contributed by atoms with Crippen LogP contribution in [0.2, 0.25) is 5.15 Å². The molecule has 1 aliphatic heterocycles. The van der Waals surface area contributed by atoms with E-state index in [0.717, 1.165) is 49.3 Å². The Labute approximate surface area is 243 Å². The lowest BCUT2D eigenvalue weighted by atomic mass is 9.90. The molecule has 0 bridgehead atoms. The Hall–Kier alpha value is -3.05. The van der Waals surface area contributed by atoms with Crippen molar-refractivity contribution >= 4 is 29.2 Å². The van der Waals surface area contributed by atoms with E-state index >= 15 is 0 Å². The average Bonchev–Trinajstić information content (AvgIpc) is 3.75. The number of aromatic nitrogens is 1. The second-order valence-corrected chi connectivity index (χ2v) is 11.4. The van der Waals surface area contributed by atoms with Crippen molar-refractivity contribution in [2.24, 2.45) is 5.92 Å². The van der Waals surface area contributed by atoms with E-state index < -0.39 is 23.2 Å². The predicted octanol–water partition coefficient (Wildman–Crippen LogP) is 4.88. The number of benzene rings is 1. The largest absolute Gasteiger partial charge is 0.490 e. The molecule has 41 heavy (non-hydrogen) atoms. The van der Waals surface area contributed by atoms with Gasteiger partial charge in [0.2, 0.25) is 0 Å². The molecule has 12 heteroatoms. The fourth-order valence-electron chi connectivity index (χ4n) is 5.09. The standard InChI is InChI=1S/C29H36ClF3N4O4/c1-35(2)26(38)23-13-14-24(34-25(23)30)37-16-6-8-19(18-37)7-5-15-36(3)27(39)28(40,29(31,32)33)20-9-4-10-22(17-20)41-21-11-12-21/h4,9-10,13-14,17,19,21,40H,5-8,11-12,15-16,18H2,1-3H3/t19?,28-/m0/s1. The third-order valence-electron chi connectivity index (χ3n) is 7.56. The van der Waals surface area contributed by atoms with Gasteiger partial charge in [0.05, 0.1) is 11.7 Å². The van der Waals surface area contributed by atoms with Crippen molar-refractivity contribution < 1.29 is 32.6 Å². The number of ether oxygens (including phenoxy) is 1. The molecule has 2 amide bonds. The Bertz CT molecular complexity index is 1260. The van der Waals surface area contributed by atoms with E-state index in [4.69, 9.17) is 16.3 Å². The SMILES string of the molecule is CN(C)C(=O)c1ccc(N2CCCC(CCCN(C)C(=O)[C@@](O)(c3cccc(OC4CC4)c3)C(F)(F)F)C2)nc1Cl. The number of carbonyl (C=O) groups is 2. The van der Waals surface area contributed by atoms with Crippen LogP contribution in [0.5, 0.6) is 5.75 Å². The smallest absolute Gasteiger partial charge is 0.430 e. The Morgan fingerprint density at radius 1 is 1.15 bits per heavy atom. The number of anilines is 1. The van der Waals surface area contributed by atoms with Crippen LogP contribution in [0, 0.1) is 5.92 Å². The molecule has 1 aromatic heterocycles. The van der Waals surface area contributed by atoms with Crippen molar-refractivity contribution in [2.45, 2.75) is 56.4 Å². The Kier molecular flexibility index (Phi) is 9.38. The van der Waals surface area contributed by atoms with Crippen LogP contribution in [-0.4, -0.2) is 84.8 Å². The fraction of sp³-hybridized carbons (Fsp3) is 0.552. The zero-order valence-corrected chi connectivity index (χ0v) is 24.2. The quantitative estimate of drug-likeness (QED) is 0.394. The number of rotatable bonds is 10. The maximum atomic E-state index is 14.2. The molecule has 1 saturated heterocycles. The number of amides is 2. The lowest BCUT2D eigenvalue weighted by Gasteiger charge is -2.35. The number of hydrogen-bond acceptors (Lipinski definition) is 6. The van der Waals surface area contributed by atoms with Gasteiger partial charge in [-0.05, 0) is 68.7 Å². The summed E-state index contributed by atoms with van der Waals surface area (Å²) in [6, 6.07) is 8.48. The first-order chi connectivity index (χ1) is 19.3. The summed E-state index contributed by atoms with van der Waals surface area (Å²) in [7, 11) is 4.55. The highest BCUT2D eigenvalue weighted by Gasteiger charge is 2.61. The highest BCUT2D eigenvalue weighted by atomic mass is 35.5. The van der Waals surface area contributed by atoms with Gasteiger partial charge in [-0.2, -0.15) is 13.2 Å². The van der Waals surface area contributed by atoms with E-state index in [-0.39, 0.29) is 35.4 Å². The number of pyridine rings is 1. The Balaban J connectivity index is 1.36. The first kappa shape index (κ1) is 30.9. The second-order valence-electron chi connectivity index (χ2n) is 11.1. The van der Waals surface area contributed by atoms with Gasteiger partial charge >= 0.3 is 6.18 Å². The van der Waals surface area contributed by atoms with E-state index in [2.05, 4.69) is 9.88 Å². The highest BCUT2D eigenvalue weighted by Crippen LogP contribution is 2.42. The summed E-state index contributed by atoms with van der Waals surface area (Å²) in [4.78, 5) is 34.2. The highest BCUT2D eigenvalue weighted by molar-refractivity contribution is 6.32. The number of hydrogen-bond donors (Lipinski definition) is 1. The van der Waals surface area contributed by atoms with Crippen LogP contribution in [0.4, 0.5) is 19.0 Å². The van der Waals surface area contributed by atoms with E-state index in [0.29, 0.717) is 30.8 Å². The van der Waals surface area contributed by atoms with Crippen molar-refractivity contribution in [1.82, 2.24) is 14.8 Å². The first-order valence-electron chi connectivity index (χ1n) is 13.8. The summed E-state index contributed by atoms with van der Waals surface area (Å²) in [5.74, 6) is -0.579. The minimum absolute atomic E-state index is 0.0438. The molecule has 224 valence electrons. The lowest BCUT2D eigenvalue weighted by molar-refractivity contribution is -0.261. The summed E-state index contributed by atoms with van der Waals surface area (Å²) in [5.41, 5.74) is -3.92. The molecule has 1 aromatic carbocycles. The van der Waals surface area contributed by atoms with Crippen LogP contribution in [-0.2, 0) is 10.4 Å². The van der Waals surface area contributed by atoms with Gasteiger partial charge in [0.1, 0.15) is 16.7 Å². The number of aliphatic hydroxyl groups is 1. The summed E-state index contributed by atoms with van der Waals surface area (Å²) in [5, 5.41) is 11.0. The van der Waals surface area contributed by atoms with Crippen molar-refractivity contribution in [3.05, 3.63) is 52.7 Å². The fourth-order valence-corrected chi connectivity index (χ4v) is 5.32. The number of carbonyl (C=O) groups excluding carboxylic acids is 2. The Morgan fingerprint density at radius 3 is 2.51 bits per heavy atom. The second kappa shape index (κ2) is 12.4. The minimum Gasteiger partial charge on any atom is -0.490 e. The molecule has 2 aromatic rings. The van der Waals surface area contributed by atoms with E-state index in [1.807, 2.05) is 0 Å². The molecule has 2 fully saturated rings. The molecule has 4 rings (SSSR count). The van der Waals surface area contributed by atoms with E-state index in [1.54, 1.807) is 26.2 Å². The average molecular weight is 597 g/mol. The van der Waals surface area contributed by atoms with Gasteiger partial charge in [0.15, 0.2) is 0 Å². The van der Waals surface area contributed by atoms with Gasteiger partial charge in [0.25, 0.3) is 17.4 Å². The summed E-state index contributed by atoms with van der Waals surface area (Å²) in [6.07, 6.45) is -0.661. The van der Waals surface area contributed by atoms with Crippen LogP contribution in [0.15, 0.2) is 36.4 Å². The molecule has 1 aliphatic carbocycles.